The van der Waals surface area contributed by atoms with E-state index in [0.717, 1.165) is 10.9 Å². The van der Waals surface area contributed by atoms with Gasteiger partial charge in [0.05, 0.1) is 5.52 Å². The molecule has 3 rings (SSSR count). The van der Waals surface area contributed by atoms with Gasteiger partial charge in [0.25, 0.3) is 0 Å². The summed E-state index contributed by atoms with van der Waals surface area (Å²) in [5.41, 5.74) is 0.740. The number of carboxylic acids is 1. The molecule has 1 aromatic heterocycles. The van der Waals surface area contributed by atoms with E-state index in [2.05, 4.69) is 4.98 Å². The van der Waals surface area contributed by atoms with E-state index in [9.17, 15) is 20.1 Å². The van der Waals surface area contributed by atoms with E-state index in [1.54, 1.807) is 30.5 Å². The maximum absolute atomic E-state index is 11.0. The number of fused-ring (bicyclic) bond motifs is 1. The van der Waals surface area contributed by atoms with Crippen molar-refractivity contribution in [3.8, 4) is 5.75 Å². The number of pyridine rings is 1. The minimum atomic E-state index is -1.75. The molecule has 0 bridgehead atoms. The van der Waals surface area contributed by atoms with Crippen LogP contribution in [0, 0.1) is 0 Å². The van der Waals surface area contributed by atoms with E-state index in [1.165, 1.54) is 0 Å². The Hall–Kier alpha value is -2.26. The van der Waals surface area contributed by atoms with Crippen molar-refractivity contribution in [2.75, 3.05) is 0 Å². The molecule has 0 spiro atoms. The van der Waals surface area contributed by atoms with Gasteiger partial charge in [-0.05, 0) is 24.3 Å². The Labute approximate surface area is 130 Å². The van der Waals surface area contributed by atoms with Crippen molar-refractivity contribution >= 4 is 16.9 Å². The second-order valence-corrected chi connectivity index (χ2v) is 5.21. The minimum Gasteiger partial charge on any atom is -0.479 e. The van der Waals surface area contributed by atoms with Crippen LogP contribution in [-0.2, 0) is 9.53 Å². The number of rotatable bonds is 3. The highest BCUT2D eigenvalue weighted by Gasteiger charge is 2.48. The summed E-state index contributed by atoms with van der Waals surface area (Å²) in [6.45, 7) is 0. The van der Waals surface area contributed by atoms with E-state index in [-0.39, 0.29) is 0 Å². The quantitative estimate of drug-likeness (QED) is 0.596. The normalized spacial score (nSPS) is 31.0. The van der Waals surface area contributed by atoms with Crippen molar-refractivity contribution in [3.63, 3.8) is 0 Å². The third-order valence-corrected chi connectivity index (χ3v) is 3.64. The monoisotopic (exact) mass is 321 g/mol. The maximum atomic E-state index is 11.0. The second-order valence-electron chi connectivity index (χ2n) is 5.21. The zero-order chi connectivity index (χ0) is 16.6. The van der Waals surface area contributed by atoms with Crippen molar-refractivity contribution in [1.29, 1.82) is 0 Å². The maximum Gasteiger partial charge on any atom is 0.335 e. The van der Waals surface area contributed by atoms with Crippen LogP contribution in [0.15, 0.2) is 36.5 Å². The van der Waals surface area contributed by atoms with Crippen LogP contribution in [0.3, 0.4) is 0 Å². The third-order valence-electron chi connectivity index (χ3n) is 3.64. The lowest BCUT2D eigenvalue weighted by molar-refractivity contribution is -0.271. The molecule has 1 aromatic carbocycles. The van der Waals surface area contributed by atoms with Gasteiger partial charge < -0.3 is 29.9 Å². The lowest BCUT2D eigenvalue weighted by Crippen LogP contribution is -2.61. The first-order chi connectivity index (χ1) is 11.0. The summed E-state index contributed by atoms with van der Waals surface area (Å²) in [6.07, 6.45) is -6.51. The Balaban J connectivity index is 1.83. The molecule has 0 radical (unpaired) electrons. The van der Waals surface area contributed by atoms with Crippen molar-refractivity contribution in [2.45, 2.75) is 30.7 Å². The number of carbonyl (C=O) groups is 1. The molecule has 1 aliphatic heterocycles. The van der Waals surface area contributed by atoms with E-state index in [4.69, 9.17) is 14.6 Å². The molecule has 0 saturated carbocycles. The van der Waals surface area contributed by atoms with Crippen LogP contribution >= 0.6 is 0 Å². The van der Waals surface area contributed by atoms with Gasteiger partial charge in [-0.15, -0.1) is 0 Å². The van der Waals surface area contributed by atoms with Crippen molar-refractivity contribution in [1.82, 2.24) is 4.98 Å². The van der Waals surface area contributed by atoms with Crippen LogP contribution < -0.4 is 4.74 Å². The van der Waals surface area contributed by atoms with Crippen LogP contribution in [0.1, 0.15) is 0 Å². The minimum absolute atomic E-state index is 0.308. The Morgan fingerprint density at radius 2 is 1.91 bits per heavy atom. The summed E-state index contributed by atoms with van der Waals surface area (Å²) in [4.78, 5) is 15.2. The first-order valence-electron chi connectivity index (χ1n) is 6.91. The highest BCUT2D eigenvalue weighted by molar-refractivity contribution is 5.79. The molecule has 1 fully saturated rings. The topological polar surface area (TPSA) is 129 Å². The molecule has 122 valence electrons. The van der Waals surface area contributed by atoms with Gasteiger partial charge in [0.1, 0.15) is 24.1 Å². The smallest absolute Gasteiger partial charge is 0.335 e. The number of aliphatic carboxylic acids is 1. The molecule has 2 aromatic rings. The van der Waals surface area contributed by atoms with Crippen LogP contribution in [0.5, 0.6) is 5.75 Å². The number of aliphatic hydroxyl groups is 3. The fourth-order valence-corrected chi connectivity index (χ4v) is 2.41. The standard InChI is InChI=1S/C15H15NO7/c17-10-11(18)13(14(20)21)23-15(12(10)19)22-8-3-4-9-7(6-8)2-1-5-16-9/h1-6,10-13,15,17-19H,(H,20,21)/t10-,11-,12+,13-,15+/m0/s1. The third kappa shape index (κ3) is 2.97. The summed E-state index contributed by atoms with van der Waals surface area (Å²) in [6, 6.07) is 8.48. The first kappa shape index (κ1) is 15.6. The van der Waals surface area contributed by atoms with Gasteiger partial charge in [0.2, 0.25) is 6.29 Å². The fraction of sp³-hybridized carbons (Fsp3) is 0.333. The molecule has 0 amide bonds. The number of hydrogen-bond acceptors (Lipinski definition) is 7. The highest BCUT2D eigenvalue weighted by atomic mass is 16.7. The predicted molar refractivity (Wildman–Crippen MR) is 76.7 cm³/mol. The molecule has 4 N–H and O–H groups in total. The van der Waals surface area contributed by atoms with Gasteiger partial charge in [-0.3, -0.25) is 4.98 Å². The first-order valence-corrected chi connectivity index (χ1v) is 6.91. The lowest BCUT2D eigenvalue weighted by atomic mass is 9.99. The van der Waals surface area contributed by atoms with Crippen LogP contribution in [0.4, 0.5) is 0 Å². The summed E-state index contributed by atoms with van der Waals surface area (Å²) in [5.74, 6) is -1.15. The van der Waals surface area contributed by atoms with E-state index >= 15 is 0 Å². The molecule has 8 nitrogen and oxygen atoms in total. The molecule has 23 heavy (non-hydrogen) atoms. The fourth-order valence-electron chi connectivity index (χ4n) is 2.41. The Kier molecular flexibility index (Phi) is 4.14. The zero-order valence-corrected chi connectivity index (χ0v) is 11.8. The van der Waals surface area contributed by atoms with E-state index < -0.39 is 36.7 Å². The van der Waals surface area contributed by atoms with Gasteiger partial charge in [-0.2, -0.15) is 0 Å². The van der Waals surface area contributed by atoms with Gasteiger partial charge in [-0.25, -0.2) is 4.79 Å². The Morgan fingerprint density at radius 1 is 1.13 bits per heavy atom. The second kappa shape index (κ2) is 6.09. The number of nitrogens with zero attached hydrogens (tertiary/aromatic N) is 1. The average Bonchev–Trinajstić information content (AvgIpc) is 2.55. The van der Waals surface area contributed by atoms with Crippen LogP contribution in [0.25, 0.3) is 10.9 Å². The average molecular weight is 321 g/mol. The molecular weight excluding hydrogens is 306 g/mol. The summed E-state index contributed by atoms with van der Waals surface area (Å²) in [5, 5.41) is 39.1. The molecular formula is C15H15NO7. The molecule has 5 atom stereocenters. The predicted octanol–water partition coefficient (Wildman–Crippen LogP) is -0.494. The summed E-state index contributed by atoms with van der Waals surface area (Å²) in [7, 11) is 0. The van der Waals surface area contributed by atoms with Crippen molar-refractivity contribution < 1.29 is 34.7 Å². The number of aliphatic hydroxyl groups excluding tert-OH is 3. The number of aromatic nitrogens is 1. The van der Waals surface area contributed by atoms with Crippen molar-refractivity contribution in [2.24, 2.45) is 0 Å². The SMILES string of the molecule is O=C(O)[C@H]1O[C@@H](Oc2ccc3ncccc3c2)[C@H](O)[C@@H](O)[C@@H]1O. The molecule has 0 unspecified atom stereocenters. The molecule has 1 saturated heterocycles. The number of carboxylic acid groups (broad SMARTS) is 1. The van der Waals surface area contributed by atoms with Crippen LogP contribution in [-0.4, -0.2) is 62.1 Å². The largest absolute Gasteiger partial charge is 0.479 e. The molecule has 2 heterocycles. The molecule has 8 heteroatoms. The van der Waals surface area contributed by atoms with E-state index in [0.29, 0.717) is 5.75 Å². The number of hydrogen-bond donors (Lipinski definition) is 4. The number of ether oxygens (including phenoxy) is 2. The summed E-state index contributed by atoms with van der Waals surface area (Å²) < 4.78 is 10.5. The van der Waals surface area contributed by atoms with Gasteiger partial charge >= 0.3 is 5.97 Å². The highest BCUT2D eigenvalue weighted by Crippen LogP contribution is 2.26. The van der Waals surface area contributed by atoms with Gasteiger partial charge in [-0.1, -0.05) is 6.07 Å². The zero-order valence-electron chi connectivity index (χ0n) is 11.8. The van der Waals surface area contributed by atoms with Crippen molar-refractivity contribution in [3.05, 3.63) is 36.5 Å². The molecule has 1 aliphatic rings. The van der Waals surface area contributed by atoms with Crippen LogP contribution in [0.2, 0.25) is 0 Å². The summed E-state index contributed by atoms with van der Waals surface area (Å²) >= 11 is 0. The Bertz CT molecular complexity index is 722. The molecule has 0 aliphatic carbocycles. The number of benzene rings is 1. The lowest BCUT2D eigenvalue weighted by Gasteiger charge is -2.38. The van der Waals surface area contributed by atoms with Gasteiger partial charge in [0, 0.05) is 11.6 Å². The van der Waals surface area contributed by atoms with Gasteiger partial charge in [0.15, 0.2) is 6.10 Å². The Morgan fingerprint density at radius 3 is 2.65 bits per heavy atom. The van der Waals surface area contributed by atoms with E-state index in [1.807, 2.05) is 6.07 Å².